The van der Waals surface area contributed by atoms with Crippen molar-refractivity contribution in [2.45, 2.75) is 13.0 Å². The molecule has 1 atom stereocenters. The van der Waals surface area contributed by atoms with E-state index in [9.17, 15) is 0 Å². The van der Waals surface area contributed by atoms with Crippen LogP contribution in [0.3, 0.4) is 0 Å². The van der Waals surface area contributed by atoms with E-state index in [2.05, 4.69) is 26.7 Å². The van der Waals surface area contributed by atoms with Crippen LogP contribution in [-0.4, -0.2) is 67.1 Å². The minimum Gasteiger partial charge on any atom is -0.378 e. The standard InChI is InChI=1S/C16H20ClN5O2/c1-11-10-24-9-6-22(11)15-12-2-3-13(17)18-14(12)19-16(20-15)21-4-7-23-8-5-21/h2-3,11H,4-10H2,1H3. The van der Waals surface area contributed by atoms with E-state index in [0.29, 0.717) is 43.2 Å². The molecule has 0 spiro atoms. The molecule has 0 saturated carbocycles. The van der Waals surface area contributed by atoms with Gasteiger partial charge in [0.25, 0.3) is 0 Å². The van der Waals surface area contributed by atoms with Gasteiger partial charge in [-0.25, -0.2) is 4.98 Å². The second-order valence-corrected chi connectivity index (χ2v) is 6.46. The van der Waals surface area contributed by atoms with Crippen LogP contribution in [0.5, 0.6) is 0 Å². The Morgan fingerprint density at radius 3 is 2.62 bits per heavy atom. The van der Waals surface area contributed by atoms with Gasteiger partial charge in [0.2, 0.25) is 5.95 Å². The molecule has 0 radical (unpaired) electrons. The van der Waals surface area contributed by atoms with Crippen molar-refractivity contribution < 1.29 is 9.47 Å². The minimum absolute atomic E-state index is 0.255. The van der Waals surface area contributed by atoms with Crippen molar-refractivity contribution in [2.24, 2.45) is 0 Å². The van der Waals surface area contributed by atoms with Gasteiger partial charge in [-0.2, -0.15) is 9.97 Å². The maximum absolute atomic E-state index is 6.08. The van der Waals surface area contributed by atoms with E-state index in [0.717, 1.165) is 30.8 Å². The van der Waals surface area contributed by atoms with Crippen molar-refractivity contribution in [2.75, 3.05) is 55.9 Å². The van der Waals surface area contributed by atoms with Gasteiger partial charge >= 0.3 is 0 Å². The first-order valence-electron chi connectivity index (χ1n) is 8.24. The van der Waals surface area contributed by atoms with Gasteiger partial charge in [-0.15, -0.1) is 0 Å². The monoisotopic (exact) mass is 349 g/mol. The SMILES string of the molecule is CC1COCCN1c1nc(N2CCOCC2)nc2nc(Cl)ccc12. The highest BCUT2D eigenvalue weighted by Gasteiger charge is 2.25. The summed E-state index contributed by atoms with van der Waals surface area (Å²) in [6.07, 6.45) is 0. The lowest BCUT2D eigenvalue weighted by Gasteiger charge is -2.35. The van der Waals surface area contributed by atoms with E-state index in [4.69, 9.17) is 26.1 Å². The lowest BCUT2D eigenvalue weighted by atomic mass is 10.2. The van der Waals surface area contributed by atoms with E-state index in [1.54, 1.807) is 6.07 Å². The first-order valence-corrected chi connectivity index (χ1v) is 8.61. The number of anilines is 2. The third-order valence-electron chi connectivity index (χ3n) is 4.43. The highest BCUT2D eigenvalue weighted by atomic mass is 35.5. The van der Waals surface area contributed by atoms with Crippen molar-refractivity contribution in [1.82, 2.24) is 15.0 Å². The molecule has 0 aromatic carbocycles. The Bertz CT molecular complexity index is 738. The van der Waals surface area contributed by atoms with E-state index in [1.165, 1.54) is 0 Å². The van der Waals surface area contributed by atoms with Gasteiger partial charge in [0, 0.05) is 19.6 Å². The third kappa shape index (κ3) is 2.99. The molecule has 2 aliphatic rings. The van der Waals surface area contributed by atoms with Gasteiger partial charge < -0.3 is 19.3 Å². The molecule has 8 heteroatoms. The molecule has 2 aromatic heterocycles. The van der Waals surface area contributed by atoms with Gasteiger partial charge in [-0.3, -0.25) is 0 Å². The summed E-state index contributed by atoms with van der Waals surface area (Å²) in [5.74, 6) is 1.59. The summed E-state index contributed by atoms with van der Waals surface area (Å²) in [4.78, 5) is 18.3. The molecule has 128 valence electrons. The summed E-state index contributed by atoms with van der Waals surface area (Å²) in [6, 6.07) is 3.99. The van der Waals surface area contributed by atoms with Gasteiger partial charge in [-0.1, -0.05) is 11.6 Å². The maximum atomic E-state index is 6.08. The third-order valence-corrected chi connectivity index (χ3v) is 4.64. The Morgan fingerprint density at radius 1 is 1.04 bits per heavy atom. The number of aromatic nitrogens is 3. The summed E-state index contributed by atoms with van der Waals surface area (Å²) in [5, 5.41) is 1.36. The number of fused-ring (bicyclic) bond motifs is 1. The van der Waals surface area contributed by atoms with Crippen LogP contribution >= 0.6 is 11.6 Å². The Labute approximate surface area is 145 Å². The van der Waals surface area contributed by atoms with Crippen LogP contribution in [-0.2, 0) is 9.47 Å². The number of halogens is 1. The average Bonchev–Trinajstić information content (AvgIpc) is 2.62. The zero-order valence-electron chi connectivity index (χ0n) is 13.6. The summed E-state index contributed by atoms with van der Waals surface area (Å²) in [5.41, 5.74) is 0.632. The smallest absolute Gasteiger partial charge is 0.229 e. The van der Waals surface area contributed by atoms with Crippen LogP contribution in [0.4, 0.5) is 11.8 Å². The van der Waals surface area contributed by atoms with E-state index >= 15 is 0 Å². The zero-order valence-corrected chi connectivity index (χ0v) is 14.4. The fourth-order valence-corrected chi connectivity index (χ4v) is 3.27. The topological polar surface area (TPSA) is 63.6 Å². The minimum atomic E-state index is 0.255. The Kier molecular flexibility index (Phi) is 4.39. The highest BCUT2D eigenvalue weighted by molar-refractivity contribution is 6.29. The largest absolute Gasteiger partial charge is 0.378 e. The predicted octanol–water partition coefficient (Wildman–Crippen LogP) is 1.74. The normalized spacial score (nSPS) is 22.2. The second kappa shape index (κ2) is 6.66. The fraction of sp³-hybridized carbons (Fsp3) is 0.562. The van der Waals surface area contributed by atoms with Crippen LogP contribution in [0.15, 0.2) is 12.1 Å². The van der Waals surface area contributed by atoms with Crippen LogP contribution in [0, 0.1) is 0 Å². The molecule has 2 fully saturated rings. The summed E-state index contributed by atoms with van der Waals surface area (Å²) < 4.78 is 11.0. The Morgan fingerprint density at radius 2 is 1.83 bits per heavy atom. The molecule has 0 bridgehead atoms. The van der Waals surface area contributed by atoms with Crippen molar-refractivity contribution in [3.05, 3.63) is 17.3 Å². The molecular formula is C16H20ClN5O2. The fourth-order valence-electron chi connectivity index (χ4n) is 3.13. The first kappa shape index (κ1) is 15.8. The molecule has 7 nitrogen and oxygen atoms in total. The number of hydrogen-bond acceptors (Lipinski definition) is 7. The molecule has 2 saturated heterocycles. The quantitative estimate of drug-likeness (QED) is 0.765. The molecule has 0 N–H and O–H groups in total. The number of pyridine rings is 1. The molecular weight excluding hydrogens is 330 g/mol. The lowest BCUT2D eigenvalue weighted by Crippen LogP contribution is -2.44. The Hall–Kier alpha value is -1.70. The molecule has 1 unspecified atom stereocenters. The Balaban J connectivity index is 1.82. The molecule has 24 heavy (non-hydrogen) atoms. The first-order chi connectivity index (χ1) is 11.7. The number of nitrogens with zero attached hydrogens (tertiary/aromatic N) is 5. The number of rotatable bonds is 2. The molecule has 2 aliphatic heterocycles. The molecule has 4 heterocycles. The van der Waals surface area contributed by atoms with Crippen LogP contribution in [0.25, 0.3) is 11.0 Å². The van der Waals surface area contributed by atoms with Gasteiger partial charge in [0.1, 0.15) is 11.0 Å². The van der Waals surface area contributed by atoms with Gasteiger partial charge in [0.15, 0.2) is 5.65 Å². The van der Waals surface area contributed by atoms with Crippen molar-refractivity contribution in [1.29, 1.82) is 0 Å². The molecule has 0 amide bonds. The van der Waals surface area contributed by atoms with Gasteiger partial charge in [0.05, 0.1) is 37.9 Å². The van der Waals surface area contributed by atoms with Crippen molar-refractivity contribution in [3.63, 3.8) is 0 Å². The van der Waals surface area contributed by atoms with Crippen LogP contribution in [0.2, 0.25) is 5.15 Å². The van der Waals surface area contributed by atoms with Crippen LogP contribution < -0.4 is 9.80 Å². The van der Waals surface area contributed by atoms with Crippen molar-refractivity contribution >= 4 is 34.4 Å². The van der Waals surface area contributed by atoms with E-state index in [-0.39, 0.29) is 6.04 Å². The molecule has 0 aliphatic carbocycles. The van der Waals surface area contributed by atoms with E-state index < -0.39 is 0 Å². The number of hydrogen-bond donors (Lipinski definition) is 0. The highest BCUT2D eigenvalue weighted by Crippen LogP contribution is 2.29. The predicted molar refractivity (Wildman–Crippen MR) is 93.0 cm³/mol. The molecule has 2 aromatic rings. The van der Waals surface area contributed by atoms with Crippen LogP contribution in [0.1, 0.15) is 6.92 Å². The maximum Gasteiger partial charge on any atom is 0.229 e. The summed E-state index contributed by atoms with van der Waals surface area (Å²) in [6.45, 7) is 7.28. The molecule has 4 rings (SSSR count). The number of morpholine rings is 2. The van der Waals surface area contributed by atoms with E-state index in [1.807, 2.05) is 6.07 Å². The van der Waals surface area contributed by atoms with Crippen molar-refractivity contribution in [3.8, 4) is 0 Å². The van der Waals surface area contributed by atoms with Gasteiger partial charge in [-0.05, 0) is 19.1 Å². The summed E-state index contributed by atoms with van der Waals surface area (Å²) >= 11 is 6.08. The second-order valence-electron chi connectivity index (χ2n) is 6.07. The average molecular weight is 350 g/mol. The zero-order chi connectivity index (χ0) is 16.5. The number of ether oxygens (including phenoxy) is 2. The summed E-state index contributed by atoms with van der Waals surface area (Å²) in [7, 11) is 0. The lowest BCUT2D eigenvalue weighted by molar-refractivity contribution is 0.0986.